The SMILES string of the molecule is CCn1c(COc2ccc(F)cc2Cl)nnc1SCC(=O)Nc1sc(C(N)=O)c(C)c1C(=O)OC(C)C. The number of anilines is 1. The first kappa shape index (κ1) is 28.4. The van der Waals surface area contributed by atoms with Gasteiger partial charge in [0.05, 0.1) is 27.3 Å². The number of esters is 1. The fourth-order valence-electron chi connectivity index (χ4n) is 3.23. The number of amides is 2. The predicted molar refractivity (Wildman–Crippen MR) is 139 cm³/mol. The number of thioether (sulfide) groups is 1. The molecule has 0 bridgehead atoms. The first-order chi connectivity index (χ1) is 17.5. The molecule has 198 valence electrons. The molecule has 0 aliphatic heterocycles. The molecule has 1 aromatic carbocycles. The standard InChI is InChI=1S/C23H25ClFN5O5S2/c1-5-30-16(9-34-15-7-6-13(25)8-14(15)24)28-29-23(30)36-10-17(31)27-21-18(22(33)35-11(2)3)12(4)19(37-21)20(26)32/h6-8,11H,5,9-10H2,1-4H3,(H2,26,32)(H,27,31). The molecule has 3 rings (SSSR count). The number of rotatable bonds is 11. The van der Waals surface area contributed by atoms with E-state index in [0.717, 1.165) is 29.2 Å². The summed E-state index contributed by atoms with van der Waals surface area (Å²) in [4.78, 5) is 37.3. The van der Waals surface area contributed by atoms with E-state index in [2.05, 4.69) is 15.5 Å². The highest BCUT2D eigenvalue weighted by Gasteiger charge is 2.26. The Bertz CT molecular complexity index is 1330. The monoisotopic (exact) mass is 569 g/mol. The average Bonchev–Trinajstić information content (AvgIpc) is 3.36. The Balaban J connectivity index is 1.69. The van der Waals surface area contributed by atoms with Crippen molar-refractivity contribution in [3.05, 3.63) is 50.9 Å². The summed E-state index contributed by atoms with van der Waals surface area (Å²) in [6, 6.07) is 3.81. The largest absolute Gasteiger partial charge is 0.484 e. The van der Waals surface area contributed by atoms with Crippen molar-refractivity contribution in [3.8, 4) is 5.75 Å². The number of nitrogens with one attached hydrogen (secondary N) is 1. The smallest absolute Gasteiger partial charge is 0.341 e. The molecule has 3 N–H and O–H groups in total. The number of hydrogen-bond donors (Lipinski definition) is 2. The zero-order chi connectivity index (χ0) is 27.3. The van der Waals surface area contributed by atoms with Crippen molar-refractivity contribution in [1.82, 2.24) is 14.8 Å². The van der Waals surface area contributed by atoms with Crippen LogP contribution in [0.3, 0.4) is 0 Å². The van der Waals surface area contributed by atoms with Gasteiger partial charge in [-0.1, -0.05) is 23.4 Å². The minimum atomic E-state index is -0.705. The number of benzene rings is 1. The lowest BCUT2D eigenvalue weighted by molar-refractivity contribution is -0.113. The molecule has 2 amide bonds. The molecule has 0 saturated carbocycles. The molecule has 0 aliphatic rings. The van der Waals surface area contributed by atoms with Gasteiger partial charge in [0.15, 0.2) is 11.0 Å². The van der Waals surface area contributed by atoms with Gasteiger partial charge < -0.3 is 25.1 Å². The molecule has 37 heavy (non-hydrogen) atoms. The third-order valence-corrected chi connectivity index (χ3v) is 7.35. The van der Waals surface area contributed by atoms with Crippen LogP contribution >= 0.6 is 34.7 Å². The summed E-state index contributed by atoms with van der Waals surface area (Å²) in [6.07, 6.45) is -0.388. The van der Waals surface area contributed by atoms with Crippen molar-refractivity contribution in [2.45, 2.75) is 52.1 Å². The highest BCUT2D eigenvalue weighted by Crippen LogP contribution is 2.34. The number of ether oxygens (including phenoxy) is 2. The molecular formula is C23H25ClFN5O5S2. The number of thiophene rings is 1. The van der Waals surface area contributed by atoms with E-state index in [1.807, 2.05) is 6.92 Å². The number of hydrogen-bond acceptors (Lipinski definition) is 9. The van der Waals surface area contributed by atoms with Crippen LogP contribution in [0.5, 0.6) is 5.75 Å². The van der Waals surface area contributed by atoms with E-state index < -0.39 is 23.6 Å². The third-order valence-electron chi connectivity index (χ3n) is 4.86. The predicted octanol–water partition coefficient (Wildman–Crippen LogP) is 4.43. The maximum Gasteiger partial charge on any atom is 0.341 e. The van der Waals surface area contributed by atoms with E-state index in [1.165, 1.54) is 12.1 Å². The van der Waals surface area contributed by atoms with E-state index >= 15 is 0 Å². The summed E-state index contributed by atoms with van der Waals surface area (Å²) in [7, 11) is 0. The van der Waals surface area contributed by atoms with Crippen LogP contribution in [0.4, 0.5) is 9.39 Å². The minimum Gasteiger partial charge on any atom is -0.484 e. The maximum absolute atomic E-state index is 13.2. The number of halogens is 2. The molecule has 0 unspecified atom stereocenters. The van der Waals surface area contributed by atoms with Gasteiger partial charge in [-0.3, -0.25) is 9.59 Å². The number of primary amides is 1. The molecule has 0 radical (unpaired) electrons. The Morgan fingerprint density at radius 3 is 2.65 bits per heavy atom. The molecule has 0 spiro atoms. The van der Waals surface area contributed by atoms with E-state index in [4.69, 9.17) is 26.8 Å². The summed E-state index contributed by atoms with van der Waals surface area (Å²) in [5.41, 5.74) is 5.87. The van der Waals surface area contributed by atoms with Crippen LogP contribution in [0.2, 0.25) is 5.02 Å². The summed E-state index contributed by atoms with van der Waals surface area (Å²) in [5.74, 6) is -1.52. The van der Waals surface area contributed by atoms with Gasteiger partial charge >= 0.3 is 5.97 Å². The summed E-state index contributed by atoms with van der Waals surface area (Å²) in [5, 5.41) is 11.7. The van der Waals surface area contributed by atoms with Crippen LogP contribution in [0.15, 0.2) is 23.4 Å². The molecule has 3 aromatic rings. The number of carbonyl (C=O) groups is 3. The lowest BCUT2D eigenvalue weighted by atomic mass is 10.1. The minimum absolute atomic E-state index is 0.0324. The number of aromatic nitrogens is 3. The first-order valence-electron chi connectivity index (χ1n) is 11.1. The molecule has 0 saturated heterocycles. The van der Waals surface area contributed by atoms with Crippen LogP contribution in [0.1, 0.15) is 52.2 Å². The zero-order valence-electron chi connectivity index (χ0n) is 20.5. The molecule has 10 nitrogen and oxygen atoms in total. The Labute approximate surface area is 225 Å². The van der Waals surface area contributed by atoms with Crippen molar-refractivity contribution < 1.29 is 28.2 Å². The Hall–Kier alpha value is -3.16. The first-order valence-corrected chi connectivity index (χ1v) is 13.3. The number of nitrogens with two attached hydrogens (primary N) is 1. The van der Waals surface area contributed by atoms with Gasteiger partial charge in [-0.2, -0.15) is 0 Å². The average molecular weight is 570 g/mol. The molecular weight excluding hydrogens is 545 g/mol. The van der Waals surface area contributed by atoms with Crippen molar-refractivity contribution >= 4 is 57.5 Å². The third kappa shape index (κ3) is 6.99. The van der Waals surface area contributed by atoms with Gasteiger partial charge in [-0.15, -0.1) is 21.5 Å². The van der Waals surface area contributed by atoms with Crippen LogP contribution in [-0.4, -0.2) is 44.4 Å². The molecule has 0 atom stereocenters. The van der Waals surface area contributed by atoms with Crippen LogP contribution in [0, 0.1) is 12.7 Å². The molecule has 0 fully saturated rings. The van der Waals surface area contributed by atoms with Gasteiger partial charge in [-0.05, 0) is 51.5 Å². The van der Waals surface area contributed by atoms with E-state index in [0.29, 0.717) is 28.8 Å². The molecule has 0 aliphatic carbocycles. The summed E-state index contributed by atoms with van der Waals surface area (Å²) in [6.45, 7) is 7.38. The lowest BCUT2D eigenvalue weighted by Crippen LogP contribution is -2.18. The van der Waals surface area contributed by atoms with Crippen molar-refractivity contribution in [2.75, 3.05) is 11.1 Å². The van der Waals surface area contributed by atoms with Crippen LogP contribution < -0.4 is 15.8 Å². The van der Waals surface area contributed by atoms with Gasteiger partial charge in [-0.25, -0.2) is 9.18 Å². The fourth-order valence-corrected chi connectivity index (χ4v) is 5.34. The van der Waals surface area contributed by atoms with Crippen LogP contribution in [0.25, 0.3) is 0 Å². The number of nitrogens with zero attached hydrogens (tertiary/aromatic N) is 3. The Kier molecular flexibility index (Phi) is 9.51. The molecule has 14 heteroatoms. The van der Waals surface area contributed by atoms with Crippen molar-refractivity contribution in [3.63, 3.8) is 0 Å². The summed E-state index contributed by atoms with van der Waals surface area (Å²) < 4.78 is 25.9. The van der Waals surface area contributed by atoms with Crippen LogP contribution in [-0.2, 0) is 22.7 Å². The van der Waals surface area contributed by atoms with Crippen molar-refractivity contribution in [1.29, 1.82) is 0 Å². The second kappa shape index (κ2) is 12.4. The quantitative estimate of drug-likeness (QED) is 0.255. The Morgan fingerprint density at radius 1 is 1.30 bits per heavy atom. The highest BCUT2D eigenvalue weighted by molar-refractivity contribution is 7.99. The van der Waals surface area contributed by atoms with E-state index in [-0.39, 0.29) is 38.9 Å². The van der Waals surface area contributed by atoms with Gasteiger partial charge in [0.2, 0.25) is 5.91 Å². The normalized spacial score (nSPS) is 11.0. The lowest BCUT2D eigenvalue weighted by Gasteiger charge is -2.11. The van der Waals surface area contributed by atoms with E-state index in [9.17, 15) is 18.8 Å². The molecule has 2 heterocycles. The Morgan fingerprint density at radius 2 is 2.03 bits per heavy atom. The zero-order valence-corrected chi connectivity index (χ0v) is 22.9. The van der Waals surface area contributed by atoms with Gasteiger partial charge in [0, 0.05) is 6.54 Å². The molecule has 2 aromatic heterocycles. The topological polar surface area (TPSA) is 138 Å². The van der Waals surface area contributed by atoms with Gasteiger partial charge in [0.1, 0.15) is 23.2 Å². The van der Waals surface area contributed by atoms with Gasteiger partial charge in [0.25, 0.3) is 5.91 Å². The number of carbonyl (C=O) groups excluding carboxylic acids is 3. The highest BCUT2D eigenvalue weighted by atomic mass is 35.5. The van der Waals surface area contributed by atoms with E-state index in [1.54, 1.807) is 25.3 Å². The second-order valence-corrected chi connectivity index (χ2v) is 10.3. The van der Waals surface area contributed by atoms with Crippen molar-refractivity contribution in [2.24, 2.45) is 5.73 Å². The fraction of sp³-hybridized carbons (Fsp3) is 0.348. The summed E-state index contributed by atoms with van der Waals surface area (Å²) >= 11 is 8.05. The second-order valence-electron chi connectivity index (χ2n) is 7.92. The maximum atomic E-state index is 13.2.